The molecule has 1 fully saturated rings. The highest BCUT2D eigenvalue weighted by atomic mass is 19.1. The van der Waals surface area contributed by atoms with Gasteiger partial charge in [-0.1, -0.05) is 0 Å². The largest absolute Gasteiger partial charge is 0.397 e. The number of anilines is 1. The molecule has 0 aromatic carbocycles. The summed E-state index contributed by atoms with van der Waals surface area (Å²) in [6.07, 6.45) is 1.43. The molecule has 1 aromatic rings. The Balaban J connectivity index is 2.02. The number of nitrogens with zero attached hydrogens (tertiary/aromatic N) is 3. The van der Waals surface area contributed by atoms with Gasteiger partial charge in [0.2, 0.25) is 0 Å². The second-order valence-electron chi connectivity index (χ2n) is 5.14. The third kappa shape index (κ3) is 3.22. The molecule has 1 aliphatic heterocycles. The zero-order chi connectivity index (χ0) is 14.7. The van der Waals surface area contributed by atoms with Crippen LogP contribution in [0.15, 0.2) is 12.4 Å². The fourth-order valence-electron chi connectivity index (χ4n) is 2.25. The maximum Gasteiger partial charge on any atom is 0.257 e. The van der Waals surface area contributed by atoms with E-state index in [2.05, 4.69) is 10.2 Å². The number of aromatic nitrogens is 2. The summed E-state index contributed by atoms with van der Waals surface area (Å²) in [6.45, 7) is 4.19. The van der Waals surface area contributed by atoms with Crippen LogP contribution in [-0.4, -0.2) is 52.5 Å². The molecule has 0 radical (unpaired) electrons. The number of alkyl halides is 1. The number of nitrogens with two attached hydrogens (primary N) is 1. The van der Waals surface area contributed by atoms with Crippen molar-refractivity contribution in [1.82, 2.24) is 15.1 Å². The first-order valence-electron chi connectivity index (χ1n) is 6.64. The fourth-order valence-corrected chi connectivity index (χ4v) is 2.25. The number of nitrogen functional groups attached to an aromatic ring is 1. The third-order valence-electron chi connectivity index (χ3n) is 3.21. The Kier molecular flexibility index (Phi) is 4.49. The molecule has 7 heteroatoms. The molecule has 2 atom stereocenters. The van der Waals surface area contributed by atoms with Crippen LogP contribution in [0.1, 0.15) is 30.6 Å². The van der Waals surface area contributed by atoms with E-state index in [1.54, 1.807) is 0 Å². The lowest BCUT2D eigenvalue weighted by Gasteiger charge is -2.35. The molecule has 1 saturated heterocycles. The van der Waals surface area contributed by atoms with Gasteiger partial charge in [-0.25, -0.2) is 4.39 Å². The minimum absolute atomic E-state index is 0.0119. The highest BCUT2D eigenvalue weighted by Gasteiger charge is 2.33. The quantitative estimate of drug-likeness (QED) is 0.895. The summed E-state index contributed by atoms with van der Waals surface area (Å²) in [5, 5.41) is 7.23. The lowest BCUT2D eigenvalue weighted by atomic mass is 10.0. The predicted octanol–water partition coefficient (Wildman–Crippen LogP) is 1.04. The standard InChI is InChI=1S/C13H19FN4O2/c1-8(2)20-12-3-4-18(7-10(12)14)13(19)9-5-16-17-6-11(9)15/h5-6,8,10,12H,3-4,7H2,1-2H3,(H2,15,16)/t10-,12+/m1/s1. The molecular formula is C13H19FN4O2. The van der Waals surface area contributed by atoms with E-state index in [0.29, 0.717) is 13.0 Å². The van der Waals surface area contributed by atoms with E-state index in [9.17, 15) is 9.18 Å². The Morgan fingerprint density at radius 3 is 2.80 bits per heavy atom. The molecule has 0 unspecified atom stereocenters. The maximum absolute atomic E-state index is 14.1. The molecule has 2 N–H and O–H groups in total. The van der Waals surface area contributed by atoms with Gasteiger partial charge >= 0.3 is 0 Å². The van der Waals surface area contributed by atoms with Crippen LogP contribution in [0.25, 0.3) is 0 Å². The average Bonchev–Trinajstić information content (AvgIpc) is 2.40. The van der Waals surface area contributed by atoms with E-state index in [1.165, 1.54) is 17.3 Å². The van der Waals surface area contributed by atoms with Gasteiger partial charge in [-0.15, -0.1) is 0 Å². The van der Waals surface area contributed by atoms with Crippen molar-refractivity contribution in [2.24, 2.45) is 0 Å². The maximum atomic E-state index is 14.1. The van der Waals surface area contributed by atoms with Gasteiger partial charge in [-0.3, -0.25) is 4.79 Å². The highest BCUT2D eigenvalue weighted by Crippen LogP contribution is 2.21. The van der Waals surface area contributed by atoms with Crippen LogP contribution in [0, 0.1) is 0 Å². The van der Waals surface area contributed by atoms with E-state index < -0.39 is 12.3 Å². The number of hydrogen-bond acceptors (Lipinski definition) is 5. The van der Waals surface area contributed by atoms with Crippen molar-refractivity contribution >= 4 is 11.6 Å². The summed E-state index contributed by atoms with van der Waals surface area (Å²) in [5.41, 5.74) is 6.20. The van der Waals surface area contributed by atoms with Crippen LogP contribution in [0.2, 0.25) is 0 Å². The SMILES string of the molecule is CC(C)O[C@H]1CCN(C(=O)c2cnncc2N)C[C@H]1F. The first-order valence-corrected chi connectivity index (χ1v) is 6.64. The van der Waals surface area contributed by atoms with Crippen LogP contribution < -0.4 is 5.73 Å². The number of rotatable bonds is 3. The topological polar surface area (TPSA) is 81.3 Å². The number of hydrogen-bond donors (Lipinski definition) is 1. The van der Waals surface area contributed by atoms with Crippen LogP contribution in [0.4, 0.5) is 10.1 Å². The second-order valence-corrected chi connectivity index (χ2v) is 5.14. The minimum Gasteiger partial charge on any atom is -0.397 e. The van der Waals surface area contributed by atoms with Crippen molar-refractivity contribution in [3.05, 3.63) is 18.0 Å². The van der Waals surface area contributed by atoms with Gasteiger partial charge in [0.25, 0.3) is 5.91 Å². The van der Waals surface area contributed by atoms with Crippen LogP contribution >= 0.6 is 0 Å². The van der Waals surface area contributed by atoms with Gasteiger partial charge in [-0.2, -0.15) is 10.2 Å². The van der Waals surface area contributed by atoms with Crippen molar-refractivity contribution in [2.75, 3.05) is 18.8 Å². The molecule has 0 spiro atoms. The molecule has 2 heterocycles. The van der Waals surface area contributed by atoms with Crippen molar-refractivity contribution < 1.29 is 13.9 Å². The fraction of sp³-hybridized carbons (Fsp3) is 0.615. The number of likely N-dealkylation sites (tertiary alicyclic amines) is 1. The highest BCUT2D eigenvalue weighted by molar-refractivity contribution is 5.98. The smallest absolute Gasteiger partial charge is 0.257 e. The van der Waals surface area contributed by atoms with Crippen LogP contribution in [0.5, 0.6) is 0 Å². The molecule has 0 saturated carbocycles. The predicted molar refractivity (Wildman–Crippen MR) is 71.9 cm³/mol. The summed E-state index contributed by atoms with van der Waals surface area (Å²) in [5.74, 6) is -0.317. The van der Waals surface area contributed by atoms with Crippen LogP contribution in [0.3, 0.4) is 0 Å². The summed E-state index contributed by atoms with van der Waals surface area (Å²) in [6, 6.07) is 0. The molecule has 0 bridgehead atoms. The first kappa shape index (κ1) is 14.6. The number of carbonyl (C=O) groups is 1. The molecule has 1 aliphatic rings. The van der Waals surface area contributed by atoms with E-state index in [1.807, 2.05) is 13.8 Å². The second kappa shape index (κ2) is 6.13. The molecule has 1 amide bonds. The number of piperidine rings is 1. The van der Waals surface area contributed by atoms with Crippen molar-refractivity contribution in [1.29, 1.82) is 0 Å². The monoisotopic (exact) mass is 282 g/mol. The molecule has 1 aromatic heterocycles. The summed E-state index contributed by atoms with van der Waals surface area (Å²) < 4.78 is 19.6. The molecule has 6 nitrogen and oxygen atoms in total. The summed E-state index contributed by atoms with van der Waals surface area (Å²) >= 11 is 0. The Bertz CT molecular complexity index is 483. The van der Waals surface area contributed by atoms with Gasteiger partial charge < -0.3 is 15.4 Å². The van der Waals surface area contributed by atoms with E-state index in [-0.39, 0.29) is 29.8 Å². The van der Waals surface area contributed by atoms with Crippen LogP contribution in [-0.2, 0) is 4.74 Å². The van der Waals surface area contributed by atoms with Crippen molar-refractivity contribution in [3.63, 3.8) is 0 Å². The molecule has 0 aliphatic carbocycles. The average molecular weight is 282 g/mol. The zero-order valence-electron chi connectivity index (χ0n) is 11.6. The third-order valence-corrected chi connectivity index (χ3v) is 3.21. The van der Waals surface area contributed by atoms with E-state index in [4.69, 9.17) is 10.5 Å². The minimum atomic E-state index is -1.19. The zero-order valence-corrected chi connectivity index (χ0v) is 11.6. The van der Waals surface area contributed by atoms with Gasteiger partial charge in [0.1, 0.15) is 6.17 Å². The summed E-state index contributed by atoms with van der Waals surface area (Å²) in [4.78, 5) is 13.7. The van der Waals surface area contributed by atoms with Gasteiger partial charge in [-0.05, 0) is 20.3 Å². The molecule has 2 rings (SSSR count). The molecule has 20 heavy (non-hydrogen) atoms. The molecular weight excluding hydrogens is 263 g/mol. The number of carbonyl (C=O) groups excluding carboxylic acids is 1. The van der Waals surface area contributed by atoms with Gasteiger partial charge in [0, 0.05) is 6.54 Å². The molecule has 110 valence electrons. The van der Waals surface area contributed by atoms with Gasteiger partial charge in [0.05, 0.1) is 42.4 Å². The lowest BCUT2D eigenvalue weighted by molar-refractivity contribution is -0.0666. The normalized spacial score (nSPS) is 23.1. The Morgan fingerprint density at radius 2 is 2.20 bits per heavy atom. The van der Waals surface area contributed by atoms with Crippen molar-refractivity contribution in [2.45, 2.75) is 38.6 Å². The van der Waals surface area contributed by atoms with E-state index >= 15 is 0 Å². The Morgan fingerprint density at radius 1 is 1.50 bits per heavy atom. The summed E-state index contributed by atoms with van der Waals surface area (Å²) in [7, 11) is 0. The van der Waals surface area contributed by atoms with E-state index in [0.717, 1.165) is 0 Å². The van der Waals surface area contributed by atoms with Crippen molar-refractivity contribution in [3.8, 4) is 0 Å². The number of halogens is 1. The Labute approximate surface area is 117 Å². The first-order chi connectivity index (χ1) is 9.49. The number of ether oxygens (including phenoxy) is 1. The van der Waals surface area contributed by atoms with Gasteiger partial charge in [0.15, 0.2) is 0 Å². The number of amides is 1. The Hall–Kier alpha value is -1.76. The lowest BCUT2D eigenvalue weighted by Crippen LogP contribution is -2.48.